The number of ether oxygens (including phenoxy) is 2. The Kier molecular flexibility index (Phi) is 4.96. The molecule has 0 unspecified atom stereocenters. The Balaban J connectivity index is 1.38. The number of rotatable bonds is 4. The minimum Gasteiger partial charge on any atom is -0.490 e. The molecule has 1 amide bonds. The summed E-state index contributed by atoms with van der Waals surface area (Å²) < 4.78 is 11.4. The van der Waals surface area contributed by atoms with Gasteiger partial charge in [0.15, 0.2) is 11.5 Å². The minimum atomic E-state index is -0.608. The first-order valence-corrected chi connectivity index (χ1v) is 9.19. The number of carbonyl (C=O) groups excluding carboxylic acids is 1. The van der Waals surface area contributed by atoms with Crippen LogP contribution in [0.15, 0.2) is 53.7 Å². The first kappa shape index (κ1) is 17.4. The van der Waals surface area contributed by atoms with Crippen molar-refractivity contribution in [3.63, 3.8) is 0 Å². The number of carbonyl (C=O) groups is 1. The molecular weight excluding hydrogens is 344 g/mol. The first-order chi connectivity index (χ1) is 13.2. The summed E-state index contributed by atoms with van der Waals surface area (Å²) in [5.41, 5.74) is 2.72. The predicted molar refractivity (Wildman–Crippen MR) is 101 cm³/mol. The minimum absolute atomic E-state index is 0.177. The van der Waals surface area contributed by atoms with E-state index in [0.717, 1.165) is 34.8 Å². The fourth-order valence-electron chi connectivity index (χ4n) is 3.16. The molecule has 0 spiro atoms. The molecule has 6 heteroatoms. The molecule has 0 aromatic heterocycles. The van der Waals surface area contributed by atoms with Crippen molar-refractivity contribution in [1.29, 1.82) is 0 Å². The summed E-state index contributed by atoms with van der Waals surface area (Å²) in [4.78, 5) is 17.9. The summed E-state index contributed by atoms with van der Waals surface area (Å²) in [5.74, 6) is 1.29. The molecule has 4 rings (SSSR count). The van der Waals surface area contributed by atoms with Crippen molar-refractivity contribution in [2.75, 3.05) is 13.2 Å². The monoisotopic (exact) mass is 366 g/mol. The second kappa shape index (κ2) is 7.70. The highest BCUT2D eigenvalue weighted by Gasteiger charge is 2.30. The molecular formula is C21H22N2O4. The van der Waals surface area contributed by atoms with Gasteiger partial charge in [-0.2, -0.15) is 0 Å². The number of nitrogens with zero attached hydrogens (tertiary/aromatic N) is 1. The molecule has 0 fully saturated rings. The van der Waals surface area contributed by atoms with Crippen LogP contribution in [0.3, 0.4) is 0 Å². The summed E-state index contributed by atoms with van der Waals surface area (Å²) in [6.07, 6.45) is 0.714. The van der Waals surface area contributed by atoms with E-state index in [1.165, 1.54) is 0 Å². The molecule has 140 valence electrons. The van der Waals surface area contributed by atoms with Gasteiger partial charge in [0, 0.05) is 12.8 Å². The summed E-state index contributed by atoms with van der Waals surface area (Å²) in [7, 11) is 0. The van der Waals surface area contributed by atoms with Crippen LogP contribution in [0.5, 0.6) is 11.5 Å². The zero-order valence-corrected chi connectivity index (χ0v) is 15.2. The third-order valence-electron chi connectivity index (χ3n) is 4.70. The number of amides is 1. The highest BCUT2D eigenvalue weighted by atomic mass is 16.6. The molecule has 0 saturated carbocycles. The number of hydrogen-bond donors (Lipinski definition) is 1. The average Bonchev–Trinajstić information content (AvgIpc) is 3.08. The van der Waals surface area contributed by atoms with Gasteiger partial charge in [-0.05, 0) is 30.2 Å². The van der Waals surface area contributed by atoms with E-state index < -0.39 is 6.10 Å². The third kappa shape index (κ3) is 3.89. The molecule has 0 bridgehead atoms. The summed E-state index contributed by atoms with van der Waals surface area (Å²) in [6.45, 7) is 3.22. The van der Waals surface area contributed by atoms with Gasteiger partial charge in [-0.15, -0.1) is 0 Å². The summed E-state index contributed by atoms with van der Waals surface area (Å²) in [5, 5.41) is 7.07. The highest BCUT2D eigenvalue weighted by Crippen LogP contribution is 2.32. The summed E-state index contributed by atoms with van der Waals surface area (Å²) >= 11 is 0. The van der Waals surface area contributed by atoms with Crippen LogP contribution in [0.2, 0.25) is 0 Å². The second-order valence-corrected chi connectivity index (χ2v) is 6.69. The molecule has 2 aliphatic heterocycles. The quantitative estimate of drug-likeness (QED) is 0.902. The van der Waals surface area contributed by atoms with Gasteiger partial charge >= 0.3 is 0 Å². The highest BCUT2D eigenvalue weighted by molar-refractivity contribution is 6.04. The smallest absolute Gasteiger partial charge is 0.264 e. The standard InChI is InChI=1S/C21H22N2O4/c1-14(16-8-9-18-19(12-16)26-11-5-10-25-18)22-21(24)20-13-17(23-27-20)15-6-3-2-4-7-15/h2-4,6-9,12,14,20H,5,10-11,13H2,1H3,(H,22,24)/t14-,20-/m1/s1. The maximum atomic E-state index is 12.6. The van der Waals surface area contributed by atoms with Gasteiger partial charge in [0.1, 0.15) is 0 Å². The number of benzene rings is 2. The molecule has 2 aromatic rings. The van der Waals surface area contributed by atoms with Gasteiger partial charge in [0.25, 0.3) is 5.91 Å². The zero-order valence-electron chi connectivity index (χ0n) is 15.2. The number of fused-ring (bicyclic) bond motifs is 1. The van der Waals surface area contributed by atoms with Crippen molar-refractivity contribution in [2.24, 2.45) is 5.16 Å². The second-order valence-electron chi connectivity index (χ2n) is 6.69. The van der Waals surface area contributed by atoms with E-state index in [4.69, 9.17) is 14.3 Å². The Morgan fingerprint density at radius 2 is 1.89 bits per heavy atom. The first-order valence-electron chi connectivity index (χ1n) is 9.19. The van der Waals surface area contributed by atoms with Gasteiger partial charge in [0.2, 0.25) is 6.10 Å². The van der Waals surface area contributed by atoms with E-state index in [1.54, 1.807) is 0 Å². The normalized spacial score (nSPS) is 19.4. The van der Waals surface area contributed by atoms with E-state index in [-0.39, 0.29) is 11.9 Å². The van der Waals surface area contributed by atoms with Crippen molar-refractivity contribution in [3.05, 3.63) is 59.7 Å². The average molecular weight is 366 g/mol. The van der Waals surface area contributed by atoms with Crippen molar-refractivity contribution >= 4 is 11.6 Å². The van der Waals surface area contributed by atoms with Gasteiger partial charge in [-0.3, -0.25) is 4.79 Å². The Morgan fingerprint density at radius 3 is 2.70 bits per heavy atom. The maximum absolute atomic E-state index is 12.6. The molecule has 1 N–H and O–H groups in total. The molecule has 6 nitrogen and oxygen atoms in total. The van der Waals surface area contributed by atoms with E-state index in [1.807, 2.05) is 55.5 Å². The van der Waals surface area contributed by atoms with Crippen molar-refractivity contribution < 1.29 is 19.1 Å². The van der Waals surface area contributed by atoms with Crippen LogP contribution < -0.4 is 14.8 Å². The Morgan fingerprint density at radius 1 is 1.11 bits per heavy atom. The predicted octanol–water partition coefficient (Wildman–Crippen LogP) is 3.22. The molecule has 0 aliphatic carbocycles. The zero-order chi connectivity index (χ0) is 18.6. The van der Waals surface area contributed by atoms with E-state index in [9.17, 15) is 4.79 Å². The molecule has 2 aliphatic rings. The van der Waals surface area contributed by atoms with E-state index >= 15 is 0 Å². The van der Waals surface area contributed by atoms with Gasteiger partial charge in [-0.25, -0.2) is 0 Å². The van der Waals surface area contributed by atoms with Gasteiger partial charge in [0.05, 0.1) is 25.0 Å². The van der Waals surface area contributed by atoms with Gasteiger partial charge in [-0.1, -0.05) is 41.6 Å². The molecule has 0 radical (unpaired) electrons. The van der Waals surface area contributed by atoms with Crippen LogP contribution in [0, 0.1) is 0 Å². The Bertz CT molecular complexity index is 851. The van der Waals surface area contributed by atoms with E-state index in [0.29, 0.717) is 19.6 Å². The summed E-state index contributed by atoms with van der Waals surface area (Å²) in [6, 6.07) is 15.3. The fraction of sp³-hybridized carbons (Fsp3) is 0.333. The Labute approximate surface area is 158 Å². The van der Waals surface area contributed by atoms with Crippen LogP contribution in [0.25, 0.3) is 0 Å². The van der Waals surface area contributed by atoms with Crippen LogP contribution >= 0.6 is 0 Å². The molecule has 0 saturated heterocycles. The molecule has 27 heavy (non-hydrogen) atoms. The molecule has 2 heterocycles. The lowest BCUT2D eigenvalue weighted by molar-refractivity contribution is -0.131. The largest absolute Gasteiger partial charge is 0.490 e. The lowest BCUT2D eigenvalue weighted by Crippen LogP contribution is -2.36. The van der Waals surface area contributed by atoms with E-state index in [2.05, 4.69) is 10.5 Å². The SMILES string of the molecule is C[C@@H](NC(=O)[C@H]1CC(c2ccccc2)=NO1)c1ccc2c(c1)OCCCO2. The van der Waals surface area contributed by atoms with Crippen molar-refractivity contribution in [2.45, 2.75) is 31.9 Å². The van der Waals surface area contributed by atoms with Crippen LogP contribution in [0.4, 0.5) is 0 Å². The number of nitrogens with one attached hydrogen (secondary N) is 1. The molecule has 2 atom stereocenters. The molecule has 2 aromatic carbocycles. The van der Waals surface area contributed by atoms with Crippen LogP contribution in [-0.2, 0) is 9.63 Å². The topological polar surface area (TPSA) is 69.2 Å². The Hall–Kier alpha value is -3.02. The number of hydrogen-bond acceptors (Lipinski definition) is 5. The van der Waals surface area contributed by atoms with Crippen molar-refractivity contribution in [1.82, 2.24) is 5.32 Å². The fourth-order valence-corrected chi connectivity index (χ4v) is 3.16. The maximum Gasteiger partial charge on any atom is 0.264 e. The van der Waals surface area contributed by atoms with Crippen LogP contribution in [0.1, 0.15) is 36.9 Å². The third-order valence-corrected chi connectivity index (χ3v) is 4.70. The number of oxime groups is 1. The lowest BCUT2D eigenvalue weighted by Gasteiger charge is -2.18. The van der Waals surface area contributed by atoms with Gasteiger partial charge < -0.3 is 19.6 Å². The van der Waals surface area contributed by atoms with Crippen LogP contribution in [-0.4, -0.2) is 30.9 Å². The van der Waals surface area contributed by atoms with Crippen molar-refractivity contribution in [3.8, 4) is 11.5 Å². The lowest BCUT2D eigenvalue weighted by atomic mass is 10.0.